The number of nitrogens with one attached hydrogen (secondary N) is 2. The second-order valence-electron chi connectivity index (χ2n) is 4.83. The molecule has 23 heavy (non-hydrogen) atoms. The third-order valence-electron chi connectivity index (χ3n) is 3.30. The van der Waals surface area contributed by atoms with Gasteiger partial charge in [0.15, 0.2) is 6.20 Å². The highest BCUT2D eigenvalue weighted by atomic mass is 32.2. The Balaban J connectivity index is 2.26. The molecule has 0 spiro atoms. The fourth-order valence-corrected chi connectivity index (χ4v) is 3.13. The summed E-state index contributed by atoms with van der Waals surface area (Å²) >= 11 is 1.25. The first-order chi connectivity index (χ1) is 11.1. The number of ether oxygens (including phenoxy) is 1. The van der Waals surface area contributed by atoms with Crippen LogP contribution in [0.5, 0.6) is 0 Å². The van der Waals surface area contributed by atoms with Gasteiger partial charge < -0.3 is 20.6 Å². The summed E-state index contributed by atoms with van der Waals surface area (Å²) in [5.74, 6) is -0.157. The zero-order chi connectivity index (χ0) is 16.8. The maximum absolute atomic E-state index is 12.2. The highest BCUT2D eigenvalue weighted by Crippen LogP contribution is 2.22. The molecule has 0 fully saturated rings. The Hall–Kier alpha value is -2.22. The first kappa shape index (κ1) is 17.1. The molecule has 7 nitrogen and oxygen atoms in total. The number of amides is 2. The van der Waals surface area contributed by atoms with E-state index in [1.165, 1.54) is 18.0 Å². The molecule has 8 heteroatoms. The number of thioether (sulfide) groups is 1. The summed E-state index contributed by atoms with van der Waals surface area (Å²) in [6.07, 6.45) is 1.97. The quantitative estimate of drug-likeness (QED) is 0.353. The standard InChI is InChI=1S/C15H19N3O4S/c1-3-10-13(14(19)22-4-2)11(17-15(20)16-10)9-23-12-7-5-6-8-18(12)21/h5-8,10H,3-4,9H2,1-2H3,(H2,16,17,20)/t10-/m0/s1. The van der Waals surface area contributed by atoms with Crippen LogP contribution in [-0.4, -0.2) is 30.4 Å². The van der Waals surface area contributed by atoms with Crippen molar-refractivity contribution in [3.05, 3.63) is 40.9 Å². The number of hydrogen-bond acceptors (Lipinski definition) is 5. The van der Waals surface area contributed by atoms with Gasteiger partial charge in [0.05, 0.1) is 18.2 Å². The number of rotatable bonds is 6. The number of pyridine rings is 1. The number of hydrogen-bond donors (Lipinski definition) is 2. The molecule has 0 radical (unpaired) electrons. The summed E-state index contributed by atoms with van der Waals surface area (Å²) in [5, 5.41) is 17.5. The normalized spacial score (nSPS) is 17.5. The lowest BCUT2D eigenvalue weighted by atomic mass is 10.0. The van der Waals surface area contributed by atoms with E-state index in [-0.39, 0.29) is 12.6 Å². The zero-order valence-electron chi connectivity index (χ0n) is 13.0. The minimum Gasteiger partial charge on any atom is -0.618 e. The average molecular weight is 337 g/mol. The molecule has 2 N–H and O–H groups in total. The van der Waals surface area contributed by atoms with E-state index in [2.05, 4.69) is 10.6 Å². The van der Waals surface area contributed by atoms with Crippen molar-refractivity contribution in [1.82, 2.24) is 10.6 Å². The third-order valence-corrected chi connectivity index (χ3v) is 4.34. The topological polar surface area (TPSA) is 94.4 Å². The predicted octanol–water partition coefficient (Wildman–Crippen LogP) is 1.32. The molecule has 1 aliphatic rings. The summed E-state index contributed by atoms with van der Waals surface area (Å²) in [5.41, 5.74) is 0.891. The van der Waals surface area contributed by atoms with Crippen LogP contribution in [0.3, 0.4) is 0 Å². The molecule has 1 aliphatic heterocycles. The predicted molar refractivity (Wildman–Crippen MR) is 85.5 cm³/mol. The van der Waals surface area contributed by atoms with E-state index in [1.54, 1.807) is 25.1 Å². The number of aromatic nitrogens is 1. The van der Waals surface area contributed by atoms with Crippen LogP contribution in [-0.2, 0) is 9.53 Å². The summed E-state index contributed by atoms with van der Waals surface area (Å²) in [4.78, 5) is 24.0. The van der Waals surface area contributed by atoms with Crippen molar-refractivity contribution in [1.29, 1.82) is 0 Å². The van der Waals surface area contributed by atoms with Crippen molar-refractivity contribution in [2.24, 2.45) is 0 Å². The number of esters is 1. The van der Waals surface area contributed by atoms with Crippen LogP contribution in [0.25, 0.3) is 0 Å². The Labute approximate surface area is 138 Å². The minimum absolute atomic E-state index is 0.256. The molecule has 0 aromatic carbocycles. The fourth-order valence-electron chi connectivity index (χ4n) is 2.25. The Morgan fingerprint density at radius 3 is 2.87 bits per heavy atom. The average Bonchev–Trinajstić information content (AvgIpc) is 2.53. The molecule has 0 saturated heterocycles. The van der Waals surface area contributed by atoms with Crippen LogP contribution < -0.4 is 15.4 Å². The fraction of sp³-hybridized carbons (Fsp3) is 0.400. The number of carbonyl (C=O) groups excluding carboxylic acids is 2. The van der Waals surface area contributed by atoms with Crippen molar-refractivity contribution in [3.63, 3.8) is 0 Å². The molecule has 0 aliphatic carbocycles. The SMILES string of the molecule is CCOC(=O)C1=C(CSc2cccc[n+]2[O-])NC(=O)N[C@H]1CC. The molecule has 2 heterocycles. The van der Waals surface area contributed by atoms with Gasteiger partial charge in [-0.1, -0.05) is 6.92 Å². The van der Waals surface area contributed by atoms with Crippen LogP contribution in [0.4, 0.5) is 4.79 Å². The van der Waals surface area contributed by atoms with E-state index in [9.17, 15) is 14.8 Å². The van der Waals surface area contributed by atoms with Gasteiger partial charge >= 0.3 is 12.0 Å². The van der Waals surface area contributed by atoms with Crippen LogP contribution >= 0.6 is 11.8 Å². The Bertz CT molecular complexity index is 633. The van der Waals surface area contributed by atoms with Crippen molar-refractivity contribution < 1.29 is 19.1 Å². The molecule has 0 bridgehead atoms. The lowest BCUT2D eigenvalue weighted by molar-refractivity contribution is -0.645. The van der Waals surface area contributed by atoms with Gasteiger partial charge in [0, 0.05) is 23.6 Å². The Morgan fingerprint density at radius 2 is 2.22 bits per heavy atom. The maximum Gasteiger partial charge on any atom is 0.337 e. The van der Waals surface area contributed by atoms with E-state index >= 15 is 0 Å². The number of urea groups is 1. The lowest BCUT2D eigenvalue weighted by Crippen LogP contribution is -2.50. The lowest BCUT2D eigenvalue weighted by Gasteiger charge is -2.28. The van der Waals surface area contributed by atoms with Gasteiger partial charge in [-0.3, -0.25) is 0 Å². The van der Waals surface area contributed by atoms with Crippen molar-refractivity contribution in [2.45, 2.75) is 31.3 Å². The Morgan fingerprint density at radius 1 is 1.43 bits per heavy atom. The highest BCUT2D eigenvalue weighted by molar-refractivity contribution is 7.99. The molecule has 1 aromatic rings. The third kappa shape index (κ3) is 4.16. The van der Waals surface area contributed by atoms with Crippen LogP contribution in [0, 0.1) is 5.21 Å². The van der Waals surface area contributed by atoms with Gasteiger partial charge in [-0.05, 0) is 31.2 Å². The van der Waals surface area contributed by atoms with Gasteiger partial charge in [0.25, 0.3) is 5.03 Å². The van der Waals surface area contributed by atoms with E-state index in [1.807, 2.05) is 6.92 Å². The van der Waals surface area contributed by atoms with Gasteiger partial charge in [-0.2, -0.15) is 4.73 Å². The molecule has 124 valence electrons. The van der Waals surface area contributed by atoms with Crippen LogP contribution in [0.1, 0.15) is 20.3 Å². The maximum atomic E-state index is 12.2. The minimum atomic E-state index is -0.453. The van der Waals surface area contributed by atoms with E-state index in [4.69, 9.17) is 4.74 Å². The first-order valence-corrected chi connectivity index (χ1v) is 8.34. The smallest absolute Gasteiger partial charge is 0.337 e. The summed E-state index contributed by atoms with van der Waals surface area (Å²) in [6.45, 7) is 3.86. The summed E-state index contributed by atoms with van der Waals surface area (Å²) in [7, 11) is 0. The molecular formula is C15H19N3O4S. The summed E-state index contributed by atoms with van der Waals surface area (Å²) < 4.78 is 5.84. The largest absolute Gasteiger partial charge is 0.618 e. The number of nitrogens with zero attached hydrogens (tertiary/aromatic N) is 1. The van der Waals surface area contributed by atoms with Gasteiger partial charge in [0.1, 0.15) is 0 Å². The van der Waals surface area contributed by atoms with Gasteiger partial charge in [0.2, 0.25) is 0 Å². The van der Waals surface area contributed by atoms with Crippen molar-refractivity contribution in [2.75, 3.05) is 12.4 Å². The summed E-state index contributed by atoms with van der Waals surface area (Å²) in [6, 6.07) is 4.33. The highest BCUT2D eigenvalue weighted by Gasteiger charge is 2.31. The van der Waals surface area contributed by atoms with Gasteiger partial charge in [-0.25, -0.2) is 9.59 Å². The van der Waals surface area contributed by atoms with E-state index in [0.29, 0.717) is 28.5 Å². The molecule has 0 saturated carbocycles. The monoisotopic (exact) mass is 337 g/mol. The molecule has 2 amide bonds. The van der Waals surface area contributed by atoms with Crippen LogP contribution in [0.15, 0.2) is 40.7 Å². The molecule has 2 rings (SSSR count). The zero-order valence-corrected chi connectivity index (χ0v) is 13.8. The van der Waals surface area contributed by atoms with Crippen molar-refractivity contribution in [3.8, 4) is 0 Å². The van der Waals surface area contributed by atoms with Gasteiger partial charge in [-0.15, -0.1) is 0 Å². The van der Waals surface area contributed by atoms with Crippen molar-refractivity contribution >= 4 is 23.8 Å². The molecule has 1 aromatic heterocycles. The van der Waals surface area contributed by atoms with Crippen LogP contribution in [0.2, 0.25) is 0 Å². The van der Waals surface area contributed by atoms with E-state index in [0.717, 1.165) is 4.73 Å². The second kappa shape index (κ2) is 7.87. The van der Waals surface area contributed by atoms with E-state index < -0.39 is 12.0 Å². The molecular weight excluding hydrogens is 318 g/mol. The second-order valence-corrected chi connectivity index (χ2v) is 5.82. The Kier molecular flexibility index (Phi) is 5.86. The number of carbonyl (C=O) groups is 2. The molecule has 1 atom stereocenters. The first-order valence-electron chi connectivity index (χ1n) is 7.35. The molecule has 0 unspecified atom stereocenters.